The zero-order valence-electron chi connectivity index (χ0n) is 82.0. The summed E-state index contributed by atoms with van der Waals surface area (Å²) in [5.74, 6) is -13.9. The quantitative estimate of drug-likeness (QED) is 0.0213. The van der Waals surface area contributed by atoms with Crippen LogP contribution < -0.4 is 74.4 Å². The van der Waals surface area contributed by atoms with Crippen molar-refractivity contribution in [3.05, 3.63) is 35.9 Å². The van der Waals surface area contributed by atoms with Crippen molar-refractivity contribution >= 4 is 101 Å². The molecule has 0 spiro atoms. The predicted molar refractivity (Wildman–Crippen MR) is 493 cm³/mol. The summed E-state index contributed by atoms with van der Waals surface area (Å²) in [4.78, 5) is 233. The number of likely N-dealkylation sites (tertiary alicyclic amines) is 1. The standard InChI is InChI=1S/C89H153N17O32/c1-17-51(6)75(105(14)86(131)73(49(2)3)103-85(130)74(50(4)5)104(12)13)63(134-15)38-72(121)106-34-21-25-58(106)80(135-16)52(7)81(126)102-56(37-54-23-19-18-20-24-54)83(128)91-31-22-35-137-87(132)53(8)99-67(116)29-33-92-88(133)138-47-57(100-71(120)44-97-70(119)43-96-69(118)42-95-68(117)41-94-65(114)28-32-90-66(115)30-36-136-48-89(9,10)11)84(129)101-55(82(127)98-40-60(110)77(123)79(125)62(112)46-108)26-27-64(113)93-39-59(109)76(122)78(124)61(111)45-107/h18-20,23-24,49-53,55-63,73-80,107-112,122-125H,17,21-22,25-48H2,1-16H3,(H,90,115)(H,91,128)(H,92,133)(H,93,113)(H,94,114)(H,95,117)(H,96,118)(H,97,119)(H,98,127)(H,99,116)(H,100,120)(H,101,129)(H,102,126)(H,103,130)/t51-,52+,53?,55?,56-,57?,58-,59-,60-,61+,62+,63+,73-,74-,75-,76+,77+,78+,79+,80+/m0/s1. The molecule has 0 bridgehead atoms. The number of alkyl carbamates (subject to hydrolysis) is 1. The first-order chi connectivity index (χ1) is 64.9. The molecule has 1 aliphatic rings. The number of carbonyl (C=O) groups is 17. The maximum atomic E-state index is 14.7. The Balaban J connectivity index is 2.22. The van der Waals surface area contributed by atoms with Crippen molar-refractivity contribution in [1.29, 1.82) is 0 Å². The number of likely N-dealkylation sites (N-methyl/N-ethyl adjacent to an activating group) is 2. The molecule has 1 saturated heterocycles. The number of aliphatic hydroxyl groups is 10. The number of esters is 1. The Morgan fingerprint density at radius 1 is 0.507 bits per heavy atom. The largest absolute Gasteiger partial charge is 0.464 e. The van der Waals surface area contributed by atoms with Gasteiger partial charge >= 0.3 is 12.1 Å². The summed E-state index contributed by atoms with van der Waals surface area (Å²) >= 11 is 0. The van der Waals surface area contributed by atoms with Gasteiger partial charge in [0.1, 0.15) is 73.4 Å². The van der Waals surface area contributed by atoms with Crippen LogP contribution in [0.5, 0.6) is 0 Å². The highest BCUT2D eigenvalue weighted by molar-refractivity contribution is 5.96. The molecule has 20 atom stereocenters. The smallest absolute Gasteiger partial charge is 0.407 e. The van der Waals surface area contributed by atoms with Crippen LogP contribution in [0.2, 0.25) is 0 Å². The molecule has 49 nitrogen and oxygen atoms in total. The second kappa shape index (κ2) is 64.6. The molecule has 786 valence electrons. The van der Waals surface area contributed by atoms with Gasteiger partial charge < -0.3 is 159 Å². The summed E-state index contributed by atoms with van der Waals surface area (Å²) in [5.41, 5.74) is 0.601. The molecule has 3 unspecified atom stereocenters. The van der Waals surface area contributed by atoms with Gasteiger partial charge in [0, 0.05) is 92.6 Å². The van der Waals surface area contributed by atoms with Crippen molar-refractivity contribution in [1.82, 2.24) is 89.1 Å². The zero-order valence-corrected chi connectivity index (χ0v) is 82.0. The van der Waals surface area contributed by atoms with Gasteiger partial charge in [-0.15, -0.1) is 0 Å². The monoisotopic (exact) mass is 1970 g/mol. The van der Waals surface area contributed by atoms with Gasteiger partial charge in [-0.3, -0.25) is 76.8 Å². The minimum atomic E-state index is -2.23. The number of methoxy groups -OCH3 is 2. The summed E-state index contributed by atoms with van der Waals surface area (Å²) < 4.78 is 28.1. The van der Waals surface area contributed by atoms with Gasteiger partial charge in [0.2, 0.25) is 88.6 Å². The molecule has 49 heteroatoms. The number of nitrogens with zero attached hydrogens (tertiary/aromatic N) is 3. The molecule has 0 radical (unpaired) electrons. The predicted octanol–water partition coefficient (Wildman–Crippen LogP) is -8.69. The lowest BCUT2D eigenvalue weighted by molar-refractivity contribution is -0.148. The third-order valence-corrected chi connectivity index (χ3v) is 22.5. The van der Waals surface area contributed by atoms with E-state index in [0.29, 0.717) is 38.0 Å². The van der Waals surface area contributed by atoms with Crippen LogP contribution in [0.15, 0.2) is 30.3 Å². The Labute approximate surface area is 804 Å². The van der Waals surface area contributed by atoms with Crippen molar-refractivity contribution in [2.45, 2.75) is 256 Å². The fourth-order valence-electron chi connectivity index (χ4n) is 14.5. The third-order valence-electron chi connectivity index (χ3n) is 22.5. The minimum Gasteiger partial charge on any atom is -0.464 e. The van der Waals surface area contributed by atoms with E-state index in [0.717, 1.165) is 0 Å². The summed E-state index contributed by atoms with van der Waals surface area (Å²) in [6.07, 6.45) is -20.1. The molecule has 0 aliphatic carbocycles. The molecule has 1 aromatic carbocycles. The molecule has 24 N–H and O–H groups in total. The molecule has 0 aromatic heterocycles. The highest BCUT2D eigenvalue weighted by Crippen LogP contribution is 2.31. The van der Waals surface area contributed by atoms with Crippen molar-refractivity contribution in [2.24, 2.45) is 29.1 Å². The Morgan fingerprint density at radius 3 is 1.57 bits per heavy atom. The highest BCUT2D eigenvalue weighted by Gasteiger charge is 2.45. The molecular formula is C89H153N17O32. The summed E-state index contributed by atoms with van der Waals surface area (Å²) in [6.45, 7) is 12.2. The molecular weight excluding hydrogens is 1820 g/mol. The van der Waals surface area contributed by atoms with E-state index in [9.17, 15) is 127 Å². The van der Waals surface area contributed by atoms with Gasteiger partial charge in [-0.25, -0.2) is 9.59 Å². The number of amides is 16. The fourth-order valence-corrected chi connectivity index (χ4v) is 14.5. The fraction of sp³-hybridized carbons (Fsp3) is 0.742. The van der Waals surface area contributed by atoms with Gasteiger partial charge in [0.25, 0.3) is 0 Å². The number of nitrogens with one attached hydrogen (secondary N) is 14. The first-order valence-corrected chi connectivity index (χ1v) is 46.2. The van der Waals surface area contributed by atoms with Crippen molar-refractivity contribution < 1.29 is 156 Å². The Bertz CT molecular complexity index is 4000. The number of aliphatic hydroxyl groups excluding tert-OH is 10. The lowest BCUT2D eigenvalue weighted by atomic mass is 9.89. The van der Waals surface area contributed by atoms with Gasteiger partial charge in [-0.2, -0.15) is 0 Å². The summed E-state index contributed by atoms with van der Waals surface area (Å²) in [6, 6.07) is -0.161. The first-order valence-electron chi connectivity index (χ1n) is 46.2. The van der Waals surface area contributed by atoms with E-state index in [1.165, 1.54) is 21.1 Å². The second-order valence-corrected chi connectivity index (χ2v) is 36.0. The van der Waals surface area contributed by atoms with Crippen LogP contribution in [-0.2, 0) is 107 Å². The molecule has 16 amide bonds. The van der Waals surface area contributed by atoms with E-state index < -0.39 is 277 Å². The van der Waals surface area contributed by atoms with Crippen molar-refractivity contribution in [2.75, 3.05) is 140 Å². The van der Waals surface area contributed by atoms with Gasteiger partial charge in [0.15, 0.2) is 0 Å². The van der Waals surface area contributed by atoms with E-state index in [4.69, 9.17) is 28.8 Å². The number of hydrogen-bond donors (Lipinski definition) is 24. The van der Waals surface area contributed by atoms with Crippen LogP contribution >= 0.6 is 0 Å². The Morgan fingerprint density at radius 2 is 1.03 bits per heavy atom. The lowest BCUT2D eigenvalue weighted by Crippen LogP contribution is -2.59. The van der Waals surface area contributed by atoms with Crippen LogP contribution in [0.3, 0.4) is 0 Å². The van der Waals surface area contributed by atoms with Crippen LogP contribution in [0.4, 0.5) is 4.79 Å². The molecule has 138 heavy (non-hydrogen) atoms. The SMILES string of the molecule is CC[C@H](C)[C@@H]([C@@H](CC(=O)N1CCC[C@H]1[C@H](OC)[C@@H](C)C(=O)N[C@@H](Cc1ccccc1)C(=O)NCCCOC(=O)C(C)NC(=O)CCNC(=O)OCC(NC(=O)CNC(=O)CNC(=O)CNC(=O)CNC(=O)CCNC(=O)CCOCC(C)(C)C)C(=O)NC(CCC(=O)NC[C@H](O)[C@@H](O)[C@H](O)[C@H](O)CO)C(=O)NC[C@H](O)[C@@H](O)[C@H](O)[C@H](O)CO)OC)N(C)C(=O)[C@@H](NC(=O)[C@H](C(C)C)N(C)C)C(C)C. The average molecular weight is 1970 g/mol. The van der Waals surface area contributed by atoms with E-state index in [1.807, 2.05) is 67.2 Å². The topological polar surface area (TPSA) is 717 Å². The van der Waals surface area contributed by atoms with Gasteiger partial charge in [-0.05, 0) is 75.4 Å². The molecule has 1 heterocycles. The number of rotatable bonds is 66. The van der Waals surface area contributed by atoms with Crippen LogP contribution in [0.25, 0.3) is 0 Å². The molecule has 1 fully saturated rings. The van der Waals surface area contributed by atoms with Crippen LogP contribution in [0, 0.1) is 29.1 Å². The van der Waals surface area contributed by atoms with E-state index in [1.54, 1.807) is 68.2 Å². The number of ether oxygens (including phenoxy) is 5. The van der Waals surface area contributed by atoms with E-state index in [-0.39, 0.29) is 105 Å². The lowest BCUT2D eigenvalue weighted by Gasteiger charge is -2.41. The average Bonchev–Trinajstić information content (AvgIpc) is 1.66. The van der Waals surface area contributed by atoms with Crippen molar-refractivity contribution in [3.8, 4) is 0 Å². The van der Waals surface area contributed by atoms with Crippen molar-refractivity contribution in [3.63, 3.8) is 0 Å². The van der Waals surface area contributed by atoms with E-state index >= 15 is 0 Å². The van der Waals surface area contributed by atoms with Crippen LogP contribution in [0.1, 0.15) is 146 Å². The normalized spacial score (nSPS) is 16.8. The van der Waals surface area contributed by atoms with Gasteiger partial charge in [0.05, 0.1) is 114 Å². The highest BCUT2D eigenvalue weighted by atomic mass is 16.6. The van der Waals surface area contributed by atoms with Gasteiger partial charge in [-0.1, -0.05) is 106 Å². The zero-order chi connectivity index (χ0) is 104. The number of carbonyl (C=O) groups excluding carboxylic acids is 17. The molecule has 1 aromatic rings. The molecule has 2 rings (SSSR count). The summed E-state index contributed by atoms with van der Waals surface area (Å²) in [7, 11) is 8.18. The first kappa shape index (κ1) is 124. The maximum absolute atomic E-state index is 14.7. The molecule has 1 aliphatic heterocycles. The Kier molecular flexibility index (Phi) is 57.9. The summed E-state index contributed by atoms with van der Waals surface area (Å²) in [5, 5.41) is 133. The molecule has 0 saturated carbocycles. The minimum absolute atomic E-state index is 0.0440. The number of benzene rings is 1. The Hall–Kier alpha value is -10.5. The number of hydrogen-bond acceptors (Lipinski definition) is 33. The third kappa shape index (κ3) is 46.0. The van der Waals surface area contributed by atoms with Crippen LogP contribution in [-0.4, -0.2) is 416 Å². The van der Waals surface area contributed by atoms with E-state index in [2.05, 4.69) is 74.4 Å². The maximum Gasteiger partial charge on any atom is 0.407 e. The second-order valence-electron chi connectivity index (χ2n) is 36.0.